The first-order valence-electron chi connectivity index (χ1n) is 9.21. The predicted octanol–water partition coefficient (Wildman–Crippen LogP) is 4.14. The van der Waals surface area contributed by atoms with E-state index in [2.05, 4.69) is 20.3 Å². The van der Waals surface area contributed by atoms with Gasteiger partial charge in [0.15, 0.2) is 5.65 Å². The number of hydrogen-bond donors (Lipinski definition) is 2. The van der Waals surface area contributed by atoms with Gasteiger partial charge >= 0.3 is 0 Å². The highest BCUT2D eigenvalue weighted by Crippen LogP contribution is 2.28. The van der Waals surface area contributed by atoms with Crippen molar-refractivity contribution >= 4 is 22.7 Å². The second-order valence-electron chi connectivity index (χ2n) is 6.29. The molecule has 0 aliphatic carbocycles. The van der Waals surface area contributed by atoms with Crippen molar-refractivity contribution < 1.29 is 9.47 Å². The van der Waals surface area contributed by atoms with Gasteiger partial charge in [-0.1, -0.05) is 12.1 Å². The number of benzene rings is 2. The third-order valence-corrected chi connectivity index (χ3v) is 4.42. The monoisotopic (exact) mass is 388 g/mol. The molecule has 7 heteroatoms. The predicted molar refractivity (Wildman–Crippen MR) is 113 cm³/mol. The van der Waals surface area contributed by atoms with Crippen molar-refractivity contribution in [3.8, 4) is 22.6 Å². The van der Waals surface area contributed by atoms with Crippen molar-refractivity contribution in [1.29, 1.82) is 0 Å². The van der Waals surface area contributed by atoms with E-state index >= 15 is 0 Å². The Labute approximate surface area is 167 Å². The van der Waals surface area contributed by atoms with Crippen molar-refractivity contribution in [1.82, 2.24) is 15.0 Å². The average Bonchev–Trinajstić information content (AvgIpc) is 2.75. The molecule has 29 heavy (non-hydrogen) atoms. The van der Waals surface area contributed by atoms with Crippen molar-refractivity contribution in [2.24, 2.45) is 0 Å². The van der Waals surface area contributed by atoms with Gasteiger partial charge in [-0.25, -0.2) is 4.98 Å². The highest BCUT2D eigenvalue weighted by Gasteiger charge is 2.12. The van der Waals surface area contributed by atoms with Crippen LogP contribution in [0.2, 0.25) is 0 Å². The average molecular weight is 388 g/mol. The van der Waals surface area contributed by atoms with Gasteiger partial charge in [-0.2, -0.15) is 4.98 Å². The minimum Gasteiger partial charge on any atom is -0.497 e. The van der Waals surface area contributed by atoms with Gasteiger partial charge in [0.05, 0.1) is 19.1 Å². The summed E-state index contributed by atoms with van der Waals surface area (Å²) in [6.07, 6.45) is 1.64. The summed E-state index contributed by atoms with van der Waals surface area (Å²) in [4.78, 5) is 24.4. The van der Waals surface area contributed by atoms with Crippen LogP contribution in [-0.4, -0.2) is 28.7 Å². The lowest BCUT2D eigenvalue weighted by Crippen LogP contribution is -2.13. The fourth-order valence-electron chi connectivity index (χ4n) is 3.09. The number of hydrogen-bond acceptors (Lipinski definition) is 6. The summed E-state index contributed by atoms with van der Waals surface area (Å²) in [7, 11) is 1.61. The van der Waals surface area contributed by atoms with Crippen LogP contribution in [0.3, 0.4) is 0 Å². The molecule has 0 spiro atoms. The number of fused-ring (bicyclic) bond motifs is 1. The van der Waals surface area contributed by atoms with E-state index in [9.17, 15) is 4.79 Å². The maximum Gasteiger partial charge on any atom is 0.262 e. The normalized spacial score (nSPS) is 10.7. The van der Waals surface area contributed by atoms with E-state index in [0.29, 0.717) is 29.3 Å². The molecule has 0 radical (unpaired) electrons. The molecule has 0 amide bonds. The number of pyridine rings is 1. The zero-order chi connectivity index (χ0) is 20.2. The number of ether oxygens (including phenoxy) is 2. The lowest BCUT2D eigenvalue weighted by molar-refractivity contribution is 0.340. The minimum absolute atomic E-state index is 0.269. The first-order valence-corrected chi connectivity index (χ1v) is 9.21. The zero-order valence-electron chi connectivity index (χ0n) is 16.1. The van der Waals surface area contributed by atoms with Gasteiger partial charge in [-0.05, 0) is 60.5 Å². The molecule has 0 bridgehead atoms. The van der Waals surface area contributed by atoms with Crippen LogP contribution in [0.5, 0.6) is 11.5 Å². The maximum absolute atomic E-state index is 12.9. The van der Waals surface area contributed by atoms with Gasteiger partial charge in [0.2, 0.25) is 5.95 Å². The van der Waals surface area contributed by atoms with Crippen molar-refractivity contribution in [3.63, 3.8) is 0 Å². The third kappa shape index (κ3) is 3.89. The quantitative estimate of drug-likeness (QED) is 0.516. The Hall–Kier alpha value is -3.87. The summed E-state index contributed by atoms with van der Waals surface area (Å²) < 4.78 is 10.7. The van der Waals surface area contributed by atoms with Gasteiger partial charge < -0.3 is 14.8 Å². The summed E-state index contributed by atoms with van der Waals surface area (Å²) in [6.45, 7) is 2.54. The highest BCUT2D eigenvalue weighted by molar-refractivity contribution is 5.92. The Kier molecular flexibility index (Phi) is 5.11. The molecule has 0 fully saturated rings. The molecule has 2 aromatic carbocycles. The van der Waals surface area contributed by atoms with Crippen LogP contribution in [0.15, 0.2) is 65.6 Å². The van der Waals surface area contributed by atoms with Crippen LogP contribution in [0.4, 0.5) is 11.6 Å². The van der Waals surface area contributed by atoms with E-state index in [4.69, 9.17) is 9.47 Å². The molecule has 4 rings (SSSR count). The topological polar surface area (TPSA) is 89.1 Å². The molecule has 2 aromatic heterocycles. The summed E-state index contributed by atoms with van der Waals surface area (Å²) in [6, 6.07) is 16.7. The number of nitrogens with zero attached hydrogens (tertiary/aromatic N) is 2. The Morgan fingerprint density at radius 1 is 1.07 bits per heavy atom. The van der Waals surface area contributed by atoms with Gasteiger partial charge in [0.1, 0.15) is 11.5 Å². The van der Waals surface area contributed by atoms with Crippen LogP contribution in [0.25, 0.3) is 22.2 Å². The van der Waals surface area contributed by atoms with Crippen molar-refractivity contribution in [2.45, 2.75) is 6.92 Å². The van der Waals surface area contributed by atoms with Crippen molar-refractivity contribution in [3.05, 3.63) is 71.1 Å². The van der Waals surface area contributed by atoms with Crippen LogP contribution in [0.1, 0.15) is 6.92 Å². The van der Waals surface area contributed by atoms with E-state index in [1.54, 1.807) is 19.4 Å². The number of aromatic amines is 1. The Morgan fingerprint density at radius 2 is 1.90 bits per heavy atom. The van der Waals surface area contributed by atoms with Crippen LogP contribution < -0.4 is 20.3 Å². The minimum atomic E-state index is -0.269. The Bertz CT molecular complexity index is 1200. The Balaban J connectivity index is 1.71. The van der Waals surface area contributed by atoms with Gasteiger partial charge in [0, 0.05) is 11.9 Å². The van der Waals surface area contributed by atoms with E-state index in [0.717, 1.165) is 22.6 Å². The van der Waals surface area contributed by atoms with E-state index in [1.807, 2.05) is 55.5 Å². The lowest BCUT2D eigenvalue weighted by Gasteiger charge is -2.10. The molecule has 0 saturated carbocycles. The number of nitrogens with one attached hydrogen (secondary N) is 2. The molecule has 2 N–H and O–H groups in total. The molecule has 0 aliphatic heterocycles. The number of methoxy groups -OCH3 is 1. The molecule has 0 unspecified atom stereocenters. The molecule has 146 valence electrons. The maximum atomic E-state index is 12.9. The molecule has 0 saturated heterocycles. The molecular weight excluding hydrogens is 368 g/mol. The molecule has 0 atom stereocenters. The van der Waals surface area contributed by atoms with Crippen molar-refractivity contribution in [2.75, 3.05) is 19.0 Å². The van der Waals surface area contributed by atoms with Crippen LogP contribution in [-0.2, 0) is 0 Å². The van der Waals surface area contributed by atoms with E-state index in [-0.39, 0.29) is 5.56 Å². The largest absolute Gasteiger partial charge is 0.497 e. The summed E-state index contributed by atoms with van der Waals surface area (Å²) >= 11 is 0. The fourth-order valence-corrected chi connectivity index (χ4v) is 3.09. The lowest BCUT2D eigenvalue weighted by atomic mass is 10.0. The van der Waals surface area contributed by atoms with Gasteiger partial charge in [-0.15, -0.1) is 0 Å². The Morgan fingerprint density at radius 3 is 2.66 bits per heavy atom. The number of anilines is 2. The second kappa shape index (κ2) is 8.02. The third-order valence-electron chi connectivity index (χ3n) is 4.42. The fraction of sp³-hybridized carbons (Fsp3) is 0.136. The highest BCUT2D eigenvalue weighted by atomic mass is 16.5. The van der Waals surface area contributed by atoms with E-state index in [1.165, 1.54) is 0 Å². The SMILES string of the molecule is CCOc1ccc(Nc2nc3nccc(-c4cccc(OC)c4)c3c(=O)[nH]2)cc1. The smallest absolute Gasteiger partial charge is 0.262 e. The zero-order valence-corrected chi connectivity index (χ0v) is 16.1. The summed E-state index contributed by atoms with van der Waals surface area (Å²) in [5, 5.41) is 3.53. The molecule has 4 aromatic rings. The van der Waals surface area contributed by atoms with Gasteiger partial charge in [0.25, 0.3) is 5.56 Å². The summed E-state index contributed by atoms with van der Waals surface area (Å²) in [5.74, 6) is 1.82. The van der Waals surface area contributed by atoms with Crippen LogP contribution >= 0.6 is 0 Å². The first kappa shape index (κ1) is 18.5. The molecule has 7 nitrogen and oxygen atoms in total. The first-order chi connectivity index (χ1) is 14.2. The summed E-state index contributed by atoms with van der Waals surface area (Å²) in [5.41, 5.74) is 2.48. The molecular formula is C22H20N4O3. The van der Waals surface area contributed by atoms with Crippen LogP contribution in [0, 0.1) is 0 Å². The number of aromatic nitrogens is 3. The standard InChI is InChI=1S/C22H20N4O3/c1-3-29-16-9-7-15(8-10-16)24-22-25-20-19(21(27)26-22)18(11-12-23-20)14-5-4-6-17(13-14)28-2/h4-13H,3H2,1-2H3,(H2,23,24,25,26,27). The van der Waals surface area contributed by atoms with E-state index < -0.39 is 0 Å². The second-order valence-corrected chi connectivity index (χ2v) is 6.29. The number of H-pyrrole nitrogens is 1. The molecule has 2 heterocycles. The van der Waals surface area contributed by atoms with Gasteiger partial charge in [-0.3, -0.25) is 9.78 Å². The molecule has 0 aliphatic rings. The number of rotatable bonds is 6.